The molecule has 0 aliphatic heterocycles. The zero-order chi connectivity index (χ0) is 12.9. The Kier molecular flexibility index (Phi) is 4.71. The number of nitrogens with zero attached hydrogens (tertiary/aromatic N) is 2. The molecule has 0 aliphatic rings. The first kappa shape index (κ1) is 13.7. The molecule has 0 bridgehead atoms. The molecule has 96 valence electrons. The number of hydrogen-bond acceptors (Lipinski definition) is 4. The highest BCUT2D eigenvalue weighted by molar-refractivity contribution is 5.39. The van der Waals surface area contributed by atoms with E-state index in [1.807, 2.05) is 0 Å². The van der Waals surface area contributed by atoms with E-state index in [-0.39, 0.29) is 24.7 Å². The zero-order valence-electron chi connectivity index (χ0n) is 8.98. The molecule has 0 saturated heterocycles. The molecule has 0 radical (unpaired) electrons. The minimum Gasteiger partial charge on any atom is -0.395 e. The molecule has 0 saturated carbocycles. The summed E-state index contributed by atoms with van der Waals surface area (Å²) in [7, 11) is 0. The van der Waals surface area contributed by atoms with Gasteiger partial charge in [-0.3, -0.25) is 0 Å². The van der Waals surface area contributed by atoms with Crippen LogP contribution in [-0.4, -0.2) is 41.1 Å². The number of hydrogen-bond donors (Lipinski definition) is 2. The predicted octanol–water partition coefficient (Wildman–Crippen LogP) is 0.935. The summed E-state index contributed by atoms with van der Waals surface area (Å²) in [5, 5.41) is 17.6. The van der Waals surface area contributed by atoms with Crippen molar-refractivity contribution < 1.29 is 23.4 Å². The number of aromatic nitrogens is 1. The van der Waals surface area contributed by atoms with Gasteiger partial charge in [-0.05, 0) is 12.1 Å². The molecule has 0 fully saturated rings. The van der Waals surface area contributed by atoms with Crippen LogP contribution in [0, 0.1) is 0 Å². The molecule has 0 amide bonds. The molecule has 0 spiro atoms. The van der Waals surface area contributed by atoms with Crippen LogP contribution >= 0.6 is 0 Å². The number of rotatable bonds is 5. The summed E-state index contributed by atoms with van der Waals surface area (Å²) in [6, 6.07) is 4.42. The second-order valence-electron chi connectivity index (χ2n) is 3.41. The summed E-state index contributed by atoms with van der Waals surface area (Å²) in [6.07, 6.45) is -4.37. The van der Waals surface area contributed by atoms with Gasteiger partial charge in [0.2, 0.25) is 0 Å². The maximum atomic E-state index is 12.3. The van der Waals surface area contributed by atoms with Crippen LogP contribution in [0.5, 0.6) is 0 Å². The minimum absolute atomic E-state index is 0.0860. The van der Waals surface area contributed by atoms with E-state index < -0.39 is 19.3 Å². The molecule has 1 rings (SSSR count). The van der Waals surface area contributed by atoms with Crippen LogP contribution in [0.15, 0.2) is 18.2 Å². The first-order chi connectivity index (χ1) is 7.96. The Balaban J connectivity index is 2.88. The zero-order valence-corrected chi connectivity index (χ0v) is 8.98. The smallest absolute Gasteiger partial charge is 0.395 e. The summed E-state index contributed by atoms with van der Waals surface area (Å²) >= 11 is 0. The molecule has 7 heteroatoms. The lowest BCUT2D eigenvalue weighted by Gasteiger charge is -2.24. The minimum atomic E-state index is -4.37. The third-order valence-corrected chi connectivity index (χ3v) is 2.02. The molecule has 0 aliphatic carbocycles. The van der Waals surface area contributed by atoms with E-state index >= 15 is 0 Å². The lowest BCUT2D eigenvalue weighted by molar-refractivity contribution is -0.120. The molecule has 1 heterocycles. The van der Waals surface area contributed by atoms with Gasteiger partial charge in [0, 0.05) is 6.54 Å². The molecule has 4 nitrogen and oxygen atoms in total. The number of halogens is 3. The molecule has 1 aromatic rings. The van der Waals surface area contributed by atoms with Crippen molar-refractivity contribution in [2.75, 3.05) is 24.6 Å². The van der Waals surface area contributed by atoms with Crippen molar-refractivity contribution >= 4 is 5.82 Å². The molecule has 1 aromatic heterocycles. The Morgan fingerprint density at radius 3 is 2.47 bits per heavy atom. The number of aliphatic hydroxyl groups excluding tert-OH is 2. The van der Waals surface area contributed by atoms with Crippen molar-refractivity contribution in [2.24, 2.45) is 0 Å². The molecule has 0 atom stereocenters. The molecular weight excluding hydrogens is 237 g/mol. The van der Waals surface area contributed by atoms with E-state index in [1.165, 1.54) is 18.2 Å². The van der Waals surface area contributed by atoms with E-state index in [2.05, 4.69) is 4.98 Å². The van der Waals surface area contributed by atoms with E-state index in [0.29, 0.717) is 0 Å². The Morgan fingerprint density at radius 1 is 1.24 bits per heavy atom. The maximum Gasteiger partial charge on any atom is 0.405 e. The van der Waals surface area contributed by atoms with Gasteiger partial charge in [0.25, 0.3) is 0 Å². The highest BCUT2D eigenvalue weighted by Crippen LogP contribution is 2.20. The van der Waals surface area contributed by atoms with Crippen LogP contribution in [0.3, 0.4) is 0 Å². The fourth-order valence-corrected chi connectivity index (χ4v) is 1.34. The normalized spacial score (nSPS) is 11.6. The van der Waals surface area contributed by atoms with Crippen LogP contribution in [0.4, 0.5) is 19.0 Å². The number of aliphatic hydroxyl groups is 2. The Labute approximate surface area is 96.3 Å². The summed E-state index contributed by atoms with van der Waals surface area (Å²) in [5.41, 5.74) is 0.285. The summed E-state index contributed by atoms with van der Waals surface area (Å²) in [6.45, 7) is -2.09. The standard InChI is InChI=1S/C10H13F3N2O2/c11-10(12,13)7-15(4-5-16)9-3-1-2-8(6-17)14-9/h1-3,16-17H,4-7H2. The molecule has 2 N–H and O–H groups in total. The van der Waals surface area contributed by atoms with Gasteiger partial charge in [-0.15, -0.1) is 0 Å². The maximum absolute atomic E-state index is 12.3. The topological polar surface area (TPSA) is 56.6 Å². The van der Waals surface area contributed by atoms with Gasteiger partial charge < -0.3 is 15.1 Å². The number of pyridine rings is 1. The Bertz CT molecular complexity index is 358. The van der Waals surface area contributed by atoms with Crippen LogP contribution in [0.25, 0.3) is 0 Å². The van der Waals surface area contributed by atoms with E-state index in [0.717, 1.165) is 4.90 Å². The van der Waals surface area contributed by atoms with Gasteiger partial charge >= 0.3 is 6.18 Å². The molecule has 17 heavy (non-hydrogen) atoms. The highest BCUT2D eigenvalue weighted by Gasteiger charge is 2.31. The lowest BCUT2D eigenvalue weighted by Crippen LogP contribution is -2.36. The van der Waals surface area contributed by atoms with Crippen LogP contribution in [-0.2, 0) is 6.61 Å². The fourth-order valence-electron chi connectivity index (χ4n) is 1.34. The van der Waals surface area contributed by atoms with Gasteiger partial charge in [-0.2, -0.15) is 13.2 Å². The average Bonchev–Trinajstić information content (AvgIpc) is 2.27. The molecular formula is C10H13F3N2O2. The Hall–Kier alpha value is -1.34. The van der Waals surface area contributed by atoms with Gasteiger partial charge in [0.05, 0.1) is 18.9 Å². The average molecular weight is 250 g/mol. The van der Waals surface area contributed by atoms with Gasteiger partial charge in [0.1, 0.15) is 12.4 Å². The van der Waals surface area contributed by atoms with E-state index in [9.17, 15) is 13.2 Å². The van der Waals surface area contributed by atoms with Crippen molar-refractivity contribution in [3.05, 3.63) is 23.9 Å². The van der Waals surface area contributed by atoms with Gasteiger partial charge in [-0.1, -0.05) is 6.07 Å². The predicted molar refractivity (Wildman–Crippen MR) is 55.5 cm³/mol. The van der Waals surface area contributed by atoms with Crippen molar-refractivity contribution in [1.82, 2.24) is 4.98 Å². The number of alkyl halides is 3. The Morgan fingerprint density at radius 2 is 1.94 bits per heavy atom. The van der Waals surface area contributed by atoms with Gasteiger partial charge in [0.15, 0.2) is 0 Å². The van der Waals surface area contributed by atoms with Gasteiger partial charge in [-0.25, -0.2) is 4.98 Å². The first-order valence-corrected chi connectivity index (χ1v) is 4.95. The fraction of sp³-hybridized carbons (Fsp3) is 0.500. The lowest BCUT2D eigenvalue weighted by atomic mass is 10.3. The monoisotopic (exact) mass is 250 g/mol. The second-order valence-corrected chi connectivity index (χ2v) is 3.41. The quantitative estimate of drug-likeness (QED) is 0.816. The van der Waals surface area contributed by atoms with Crippen LogP contribution in [0.1, 0.15) is 5.69 Å². The van der Waals surface area contributed by atoms with Crippen molar-refractivity contribution in [3.8, 4) is 0 Å². The van der Waals surface area contributed by atoms with Crippen molar-refractivity contribution in [1.29, 1.82) is 0 Å². The molecule has 0 unspecified atom stereocenters. The van der Waals surface area contributed by atoms with Crippen molar-refractivity contribution in [3.63, 3.8) is 0 Å². The van der Waals surface area contributed by atoms with Crippen molar-refractivity contribution in [2.45, 2.75) is 12.8 Å². The highest BCUT2D eigenvalue weighted by atomic mass is 19.4. The summed E-state index contributed by atoms with van der Waals surface area (Å²) in [5.74, 6) is 0.0860. The first-order valence-electron chi connectivity index (χ1n) is 4.95. The van der Waals surface area contributed by atoms with Crippen LogP contribution < -0.4 is 4.90 Å². The summed E-state index contributed by atoms with van der Waals surface area (Å²) < 4.78 is 36.9. The van der Waals surface area contributed by atoms with E-state index in [1.54, 1.807) is 0 Å². The summed E-state index contributed by atoms with van der Waals surface area (Å²) in [4.78, 5) is 4.78. The SMILES string of the molecule is OCCN(CC(F)(F)F)c1cccc(CO)n1. The third kappa shape index (κ3) is 4.58. The van der Waals surface area contributed by atoms with E-state index in [4.69, 9.17) is 10.2 Å². The third-order valence-electron chi connectivity index (χ3n) is 2.02. The number of anilines is 1. The largest absolute Gasteiger partial charge is 0.405 e. The van der Waals surface area contributed by atoms with Crippen LogP contribution in [0.2, 0.25) is 0 Å². The molecule has 0 aromatic carbocycles. The second kappa shape index (κ2) is 5.83.